The fraction of sp³-hybridized carbons (Fsp3) is 0.368. The minimum atomic E-state index is -0.161. The number of aryl methyl sites for hydroxylation is 1. The maximum absolute atomic E-state index is 12.4. The first kappa shape index (κ1) is 18.0. The number of aromatic nitrogens is 1. The van der Waals surface area contributed by atoms with E-state index in [9.17, 15) is 4.79 Å². The number of hydrogen-bond acceptors (Lipinski definition) is 3. The predicted octanol–water partition coefficient (Wildman–Crippen LogP) is 4.82. The molecule has 1 fully saturated rings. The van der Waals surface area contributed by atoms with Gasteiger partial charge in [0.2, 0.25) is 5.88 Å². The molecular formula is C19H20Cl2N2O2. The number of ether oxygens (including phenoxy) is 1. The number of amides is 1. The molecule has 2 aromatic rings. The molecule has 25 heavy (non-hydrogen) atoms. The fourth-order valence-electron chi connectivity index (χ4n) is 2.96. The van der Waals surface area contributed by atoms with E-state index in [0.717, 1.165) is 31.2 Å². The molecule has 1 N–H and O–H groups in total. The fourth-order valence-corrected chi connectivity index (χ4v) is 3.45. The van der Waals surface area contributed by atoms with Gasteiger partial charge in [0.05, 0.1) is 10.6 Å². The first-order valence-electron chi connectivity index (χ1n) is 8.36. The Labute approximate surface area is 157 Å². The SMILES string of the molecule is Cc1ccc(OC2CCC(NC(=O)c3ccc(Cl)cc3Cl)CC2)nc1. The summed E-state index contributed by atoms with van der Waals surface area (Å²) in [6.07, 6.45) is 5.45. The molecule has 1 saturated carbocycles. The second kappa shape index (κ2) is 8.07. The van der Waals surface area contributed by atoms with Crippen LogP contribution in [0, 0.1) is 6.92 Å². The molecule has 0 bridgehead atoms. The summed E-state index contributed by atoms with van der Waals surface area (Å²) in [6.45, 7) is 2.00. The van der Waals surface area contributed by atoms with Gasteiger partial charge in [-0.3, -0.25) is 4.79 Å². The third-order valence-corrected chi connectivity index (χ3v) is 4.90. The van der Waals surface area contributed by atoms with Crippen LogP contribution in [0.3, 0.4) is 0 Å². The Hall–Kier alpha value is -1.78. The van der Waals surface area contributed by atoms with Gasteiger partial charge in [0.15, 0.2) is 0 Å². The Balaban J connectivity index is 1.50. The van der Waals surface area contributed by atoms with Crippen LogP contribution in [0.1, 0.15) is 41.6 Å². The lowest BCUT2D eigenvalue weighted by atomic mass is 9.92. The molecule has 1 aliphatic rings. The molecule has 0 spiro atoms. The molecule has 0 saturated heterocycles. The van der Waals surface area contributed by atoms with E-state index < -0.39 is 0 Å². The number of carbonyl (C=O) groups is 1. The van der Waals surface area contributed by atoms with Gasteiger partial charge in [-0.05, 0) is 56.4 Å². The van der Waals surface area contributed by atoms with Crippen molar-refractivity contribution in [3.8, 4) is 5.88 Å². The van der Waals surface area contributed by atoms with Crippen LogP contribution in [0.5, 0.6) is 5.88 Å². The Kier molecular flexibility index (Phi) is 5.82. The summed E-state index contributed by atoms with van der Waals surface area (Å²) in [5, 5.41) is 3.94. The van der Waals surface area contributed by atoms with Gasteiger partial charge in [0.25, 0.3) is 5.91 Å². The van der Waals surface area contributed by atoms with Gasteiger partial charge in [-0.25, -0.2) is 4.98 Å². The molecule has 0 radical (unpaired) electrons. The van der Waals surface area contributed by atoms with Crippen molar-refractivity contribution in [1.82, 2.24) is 10.3 Å². The Bertz CT molecular complexity index is 742. The van der Waals surface area contributed by atoms with E-state index in [0.29, 0.717) is 21.5 Å². The third kappa shape index (κ3) is 4.86. The molecule has 132 valence electrons. The summed E-state index contributed by atoms with van der Waals surface area (Å²) in [5.74, 6) is 0.497. The average Bonchev–Trinajstić information content (AvgIpc) is 2.58. The van der Waals surface area contributed by atoms with Gasteiger partial charge < -0.3 is 10.1 Å². The number of carbonyl (C=O) groups excluding carboxylic acids is 1. The monoisotopic (exact) mass is 378 g/mol. The highest BCUT2D eigenvalue weighted by Gasteiger charge is 2.24. The molecule has 1 aromatic carbocycles. The Morgan fingerprint density at radius 1 is 1.16 bits per heavy atom. The van der Waals surface area contributed by atoms with Gasteiger partial charge in [-0.15, -0.1) is 0 Å². The van der Waals surface area contributed by atoms with E-state index in [1.54, 1.807) is 24.4 Å². The van der Waals surface area contributed by atoms with Gasteiger partial charge in [-0.1, -0.05) is 29.3 Å². The summed E-state index contributed by atoms with van der Waals surface area (Å²) in [5.41, 5.74) is 1.56. The maximum atomic E-state index is 12.4. The molecule has 0 atom stereocenters. The molecule has 1 aromatic heterocycles. The van der Waals surface area contributed by atoms with Crippen molar-refractivity contribution in [3.05, 3.63) is 57.7 Å². The van der Waals surface area contributed by atoms with Crippen LogP contribution in [0.25, 0.3) is 0 Å². The quantitative estimate of drug-likeness (QED) is 0.829. The van der Waals surface area contributed by atoms with E-state index in [1.807, 2.05) is 19.1 Å². The van der Waals surface area contributed by atoms with Crippen LogP contribution in [0.4, 0.5) is 0 Å². The minimum absolute atomic E-state index is 0.130. The lowest BCUT2D eigenvalue weighted by Gasteiger charge is -2.29. The van der Waals surface area contributed by atoms with Gasteiger partial charge in [0.1, 0.15) is 6.10 Å². The predicted molar refractivity (Wildman–Crippen MR) is 99.6 cm³/mol. The molecule has 6 heteroatoms. The largest absolute Gasteiger partial charge is 0.474 e. The average molecular weight is 379 g/mol. The standard InChI is InChI=1S/C19H20Cl2N2O2/c1-12-2-9-18(22-11-12)25-15-6-4-14(5-7-15)23-19(24)16-8-3-13(20)10-17(16)21/h2-3,8-11,14-15H,4-7H2,1H3,(H,23,24). The number of benzene rings is 1. The second-order valence-electron chi connectivity index (χ2n) is 6.36. The second-order valence-corrected chi connectivity index (χ2v) is 7.21. The number of nitrogens with zero attached hydrogens (tertiary/aromatic N) is 1. The number of halogens is 2. The van der Waals surface area contributed by atoms with Crippen LogP contribution in [-0.2, 0) is 0 Å². The Morgan fingerprint density at radius 3 is 2.56 bits per heavy atom. The zero-order chi connectivity index (χ0) is 17.8. The minimum Gasteiger partial charge on any atom is -0.474 e. The van der Waals surface area contributed by atoms with Crippen LogP contribution >= 0.6 is 23.2 Å². The summed E-state index contributed by atoms with van der Waals surface area (Å²) in [6, 6.07) is 8.91. The summed E-state index contributed by atoms with van der Waals surface area (Å²) in [4.78, 5) is 16.6. The highest BCUT2D eigenvalue weighted by Crippen LogP contribution is 2.25. The smallest absolute Gasteiger partial charge is 0.253 e. The van der Waals surface area contributed by atoms with Crippen molar-refractivity contribution in [1.29, 1.82) is 0 Å². The van der Waals surface area contributed by atoms with Gasteiger partial charge in [-0.2, -0.15) is 0 Å². The van der Waals surface area contributed by atoms with Crippen LogP contribution in [0.15, 0.2) is 36.5 Å². The zero-order valence-corrected chi connectivity index (χ0v) is 15.5. The van der Waals surface area contributed by atoms with Crippen molar-refractivity contribution in [3.63, 3.8) is 0 Å². The van der Waals surface area contributed by atoms with Crippen molar-refractivity contribution < 1.29 is 9.53 Å². The molecule has 4 nitrogen and oxygen atoms in total. The molecule has 1 aliphatic carbocycles. The van der Waals surface area contributed by atoms with Gasteiger partial charge in [0, 0.05) is 23.3 Å². The molecule has 1 amide bonds. The highest BCUT2D eigenvalue weighted by molar-refractivity contribution is 6.36. The summed E-state index contributed by atoms with van der Waals surface area (Å²) >= 11 is 12.0. The number of hydrogen-bond donors (Lipinski definition) is 1. The van der Waals surface area contributed by atoms with Crippen molar-refractivity contribution in [2.45, 2.75) is 44.8 Å². The number of nitrogens with one attached hydrogen (secondary N) is 1. The van der Waals surface area contributed by atoms with E-state index in [1.165, 1.54) is 0 Å². The number of pyridine rings is 1. The highest BCUT2D eigenvalue weighted by atomic mass is 35.5. The molecule has 3 rings (SSSR count). The van der Waals surface area contributed by atoms with Crippen LogP contribution < -0.4 is 10.1 Å². The van der Waals surface area contributed by atoms with Crippen molar-refractivity contribution in [2.24, 2.45) is 0 Å². The van der Waals surface area contributed by atoms with E-state index in [-0.39, 0.29) is 18.1 Å². The Morgan fingerprint density at radius 2 is 1.92 bits per heavy atom. The molecule has 0 unspecified atom stereocenters. The van der Waals surface area contributed by atoms with E-state index >= 15 is 0 Å². The molecular weight excluding hydrogens is 359 g/mol. The lowest BCUT2D eigenvalue weighted by molar-refractivity contribution is 0.0890. The topological polar surface area (TPSA) is 51.2 Å². The van der Waals surface area contributed by atoms with Crippen molar-refractivity contribution >= 4 is 29.1 Å². The molecule has 0 aliphatic heterocycles. The summed E-state index contributed by atoms with van der Waals surface area (Å²) in [7, 11) is 0. The number of rotatable bonds is 4. The van der Waals surface area contributed by atoms with Gasteiger partial charge >= 0.3 is 0 Å². The zero-order valence-electron chi connectivity index (χ0n) is 14.0. The van der Waals surface area contributed by atoms with E-state index in [2.05, 4.69) is 10.3 Å². The molecule has 1 heterocycles. The van der Waals surface area contributed by atoms with Crippen LogP contribution in [-0.4, -0.2) is 23.0 Å². The van der Waals surface area contributed by atoms with E-state index in [4.69, 9.17) is 27.9 Å². The maximum Gasteiger partial charge on any atom is 0.253 e. The summed E-state index contributed by atoms with van der Waals surface area (Å²) < 4.78 is 5.92. The first-order chi connectivity index (χ1) is 12.0. The van der Waals surface area contributed by atoms with Crippen molar-refractivity contribution in [2.75, 3.05) is 0 Å². The third-order valence-electron chi connectivity index (χ3n) is 4.36. The first-order valence-corrected chi connectivity index (χ1v) is 9.12. The normalized spacial score (nSPS) is 20.1. The van der Waals surface area contributed by atoms with Crippen LogP contribution in [0.2, 0.25) is 10.0 Å². The lowest BCUT2D eigenvalue weighted by Crippen LogP contribution is -2.39.